The van der Waals surface area contributed by atoms with Gasteiger partial charge >= 0.3 is 26.7 Å². The van der Waals surface area contributed by atoms with E-state index in [1.807, 2.05) is 0 Å². The van der Waals surface area contributed by atoms with Gasteiger partial charge in [-0.3, -0.25) is 0 Å². The van der Waals surface area contributed by atoms with Crippen molar-refractivity contribution in [3.63, 3.8) is 0 Å². The molecule has 0 saturated heterocycles. The van der Waals surface area contributed by atoms with Crippen molar-refractivity contribution in [1.29, 1.82) is 0 Å². The van der Waals surface area contributed by atoms with Gasteiger partial charge in [0, 0.05) is 15.6 Å². The minimum Gasteiger partial charge on any atom is -0.741 e. The zero-order valence-corrected chi connectivity index (χ0v) is 18.0. The van der Waals surface area contributed by atoms with Crippen LogP contribution in [0.4, 0.5) is 13.2 Å². The van der Waals surface area contributed by atoms with Crippen LogP contribution in [0.15, 0.2) is 40.9 Å². The Kier molecular flexibility index (Phi) is 7.91. The van der Waals surface area contributed by atoms with E-state index in [0.29, 0.717) is 0 Å². The number of rotatable bonds is 2. The second-order valence-corrected chi connectivity index (χ2v) is 10.3. The molecule has 0 amide bonds. The topological polar surface area (TPSA) is 57.2 Å². The van der Waals surface area contributed by atoms with Crippen molar-refractivity contribution in [3.05, 3.63) is 64.7 Å². The van der Waals surface area contributed by atoms with Crippen LogP contribution >= 0.6 is 15.9 Å². The van der Waals surface area contributed by atoms with Gasteiger partial charge in [-0.2, -0.15) is 13.2 Å². The van der Waals surface area contributed by atoms with Crippen LogP contribution in [0.5, 0.6) is 0 Å². The summed E-state index contributed by atoms with van der Waals surface area (Å²) >= 11 is 3.42. The molecule has 0 spiro atoms. The largest absolute Gasteiger partial charge is 0.741 e. The van der Waals surface area contributed by atoms with Crippen LogP contribution < -0.4 is 21.2 Å². The first-order valence-electron chi connectivity index (χ1n) is 6.81. The zero-order valence-electron chi connectivity index (χ0n) is 13.5. The molecule has 0 aliphatic rings. The fourth-order valence-corrected chi connectivity index (χ4v) is 4.68. The molecular formula is C16H15BrF3IO3S. The molecular weight excluding hydrogens is 536 g/mol. The first-order valence-corrected chi connectivity index (χ1v) is 11.2. The zero-order chi connectivity index (χ0) is 19.4. The quantitative estimate of drug-likeness (QED) is 0.324. The Labute approximate surface area is 163 Å². The second kappa shape index (κ2) is 8.83. The molecule has 138 valence electrons. The van der Waals surface area contributed by atoms with Crippen LogP contribution in [0.3, 0.4) is 0 Å². The molecule has 0 bridgehead atoms. The molecule has 9 heteroatoms. The Balaban J connectivity index is 0.000000333. The number of hydrogen-bond acceptors (Lipinski definition) is 3. The molecule has 0 aromatic heterocycles. The average Bonchev–Trinajstić information content (AvgIpc) is 2.43. The maximum atomic E-state index is 10.7. The van der Waals surface area contributed by atoms with Gasteiger partial charge < -0.3 is 4.55 Å². The molecule has 2 rings (SSSR count). The Bertz CT molecular complexity index is 812. The minimum absolute atomic E-state index is 0.0611. The molecule has 0 radical (unpaired) electrons. The van der Waals surface area contributed by atoms with Crippen LogP contribution in [0, 0.1) is 27.9 Å². The van der Waals surface area contributed by atoms with Crippen molar-refractivity contribution < 1.29 is 47.3 Å². The highest BCUT2D eigenvalue weighted by molar-refractivity contribution is 9.10. The van der Waals surface area contributed by atoms with Crippen molar-refractivity contribution in [3.8, 4) is 0 Å². The lowest BCUT2D eigenvalue weighted by molar-refractivity contribution is -0.598. The third-order valence-electron chi connectivity index (χ3n) is 2.87. The standard InChI is InChI=1S/C15H15BrI.CHF3O3S/c1-10-8-11(2)15(12(3)9-10)17-14-6-4-13(16)5-7-14;2-1(3,4)8(5,6)7/h4-9H,1-3H3;(H,5,6,7)/q+1;/p-1. The molecule has 25 heavy (non-hydrogen) atoms. The van der Waals surface area contributed by atoms with E-state index in [1.54, 1.807) is 3.57 Å². The Morgan fingerprint density at radius 1 is 1.00 bits per heavy atom. The number of benzene rings is 2. The van der Waals surface area contributed by atoms with Gasteiger partial charge in [0.2, 0.25) is 0 Å². The van der Waals surface area contributed by atoms with Gasteiger partial charge in [-0.15, -0.1) is 0 Å². The minimum atomic E-state index is -6.09. The Morgan fingerprint density at radius 2 is 1.40 bits per heavy atom. The predicted octanol–water partition coefficient (Wildman–Crippen LogP) is 1.55. The maximum Gasteiger partial charge on any atom is 0.485 e. The smallest absolute Gasteiger partial charge is 0.485 e. The van der Waals surface area contributed by atoms with Crippen molar-refractivity contribution in [2.24, 2.45) is 0 Å². The Morgan fingerprint density at radius 3 is 1.76 bits per heavy atom. The van der Waals surface area contributed by atoms with Crippen molar-refractivity contribution >= 4 is 26.0 Å². The third-order valence-corrected chi connectivity index (χ3v) is 7.55. The number of hydrogen-bond donors (Lipinski definition) is 0. The summed E-state index contributed by atoms with van der Waals surface area (Å²) in [6, 6.07) is 13.3. The van der Waals surface area contributed by atoms with Gasteiger partial charge in [-0.05, 0) is 45.0 Å². The van der Waals surface area contributed by atoms with Crippen LogP contribution in [-0.4, -0.2) is 18.5 Å². The number of halogens is 5. The van der Waals surface area contributed by atoms with Gasteiger partial charge in [-0.1, -0.05) is 33.6 Å². The van der Waals surface area contributed by atoms with E-state index in [1.165, 1.54) is 20.3 Å². The lowest BCUT2D eigenvalue weighted by Gasteiger charge is -2.08. The molecule has 0 fully saturated rings. The first-order chi connectivity index (χ1) is 11.3. The van der Waals surface area contributed by atoms with Gasteiger partial charge in [0.25, 0.3) is 0 Å². The monoisotopic (exact) mass is 550 g/mol. The van der Waals surface area contributed by atoms with E-state index >= 15 is 0 Å². The molecule has 2 aromatic carbocycles. The molecule has 3 nitrogen and oxygen atoms in total. The summed E-state index contributed by atoms with van der Waals surface area (Å²) < 4.78 is 63.1. The fourth-order valence-electron chi connectivity index (χ4n) is 1.91. The van der Waals surface area contributed by atoms with E-state index < -0.39 is 15.6 Å². The van der Waals surface area contributed by atoms with E-state index in [4.69, 9.17) is 13.0 Å². The number of alkyl halides is 3. The van der Waals surface area contributed by atoms with Crippen LogP contribution in [-0.2, 0) is 10.1 Å². The summed E-state index contributed by atoms with van der Waals surface area (Å²) in [5.74, 6) is 0. The molecule has 0 atom stereocenters. The lowest BCUT2D eigenvalue weighted by atomic mass is 10.1. The highest BCUT2D eigenvalue weighted by atomic mass is 127. The van der Waals surface area contributed by atoms with E-state index in [0.717, 1.165) is 4.47 Å². The third kappa shape index (κ3) is 7.24. The predicted molar refractivity (Wildman–Crippen MR) is 87.9 cm³/mol. The molecule has 0 N–H and O–H groups in total. The SMILES string of the molecule is Cc1cc(C)c([I+]c2ccc(Br)cc2)c(C)c1.O=S(=O)([O-])C(F)(F)F. The second-order valence-electron chi connectivity index (χ2n) is 5.14. The highest BCUT2D eigenvalue weighted by Crippen LogP contribution is 2.20. The summed E-state index contributed by atoms with van der Waals surface area (Å²) in [5.41, 5.74) is -1.40. The summed E-state index contributed by atoms with van der Waals surface area (Å²) in [6.45, 7) is 6.63. The van der Waals surface area contributed by atoms with E-state index in [-0.39, 0.29) is 21.2 Å². The van der Waals surface area contributed by atoms with Crippen molar-refractivity contribution in [2.45, 2.75) is 26.3 Å². The molecule has 0 unspecified atom stereocenters. The molecule has 0 aliphatic heterocycles. The highest BCUT2D eigenvalue weighted by Gasteiger charge is 2.36. The molecule has 2 aromatic rings. The number of aryl methyl sites for hydroxylation is 3. The molecule has 0 heterocycles. The average molecular weight is 551 g/mol. The Hall–Kier alpha value is -0.650. The molecule has 0 aliphatic carbocycles. The van der Waals surface area contributed by atoms with Crippen LogP contribution in [0.2, 0.25) is 0 Å². The first kappa shape index (κ1) is 22.4. The van der Waals surface area contributed by atoms with Crippen molar-refractivity contribution in [2.75, 3.05) is 0 Å². The van der Waals surface area contributed by atoms with Gasteiger partial charge in [0.05, 0.1) is 0 Å². The maximum absolute atomic E-state index is 10.7. The summed E-state index contributed by atoms with van der Waals surface area (Å²) in [5, 5.41) is 0. The van der Waals surface area contributed by atoms with Gasteiger partial charge in [0.1, 0.15) is 0 Å². The van der Waals surface area contributed by atoms with E-state index in [9.17, 15) is 13.2 Å². The van der Waals surface area contributed by atoms with Crippen LogP contribution in [0.25, 0.3) is 0 Å². The summed E-state index contributed by atoms with van der Waals surface area (Å²) in [4.78, 5) is 0. The normalized spacial score (nSPS) is 11.7. The van der Waals surface area contributed by atoms with Gasteiger partial charge in [0.15, 0.2) is 17.3 Å². The van der Waals surface area contributed by atoms with Crippen LogP contribution in [0.1, 0.15) is 16.7 Å². The summed E-state index contributed by atoms with van der Waals surface area (Å²) in [7, 11) is -6.09. The fraction of sp³-hybridized carbons (Fsp3) is 0.250. The summed E-state index contributed by atoms with van der Waals surface area (Å²) in [6.07, 6.45) is 0. The van der Waals surface area contributed by atoms with Crippen molar-refractivity contribution in [1.82, 2.24) is 0 Å². The van der Waals surface area contributed by atoms with Gasteiger partial charge in [-0.25, -0.2) is 8.42 Å². The lowest BCUT2D eigenvalue weighted by Crippen LogP contribution is -3.62. The van der Waals surface area contributed by atoms with E-state index in [2.05, 4.69) is 73.1 Å². The molecule has 0 saturated carbocycles.